The van der Waals surface area contributed by atoms with Crippen LogP contribution < -0.4 is 0 Å². The van der Waals surface area contributed by atoms with Crippen LogP contribution in [0.4, 0.5) is 0 Å². The van der Waals surface area contributed by atoms with Gasteiger partial charge in [-0.2, -0.15) is 0 Å². The van der Waals surface area contributed by atoms with Crippen molar-refractivity contribution in [1.82, 2.24) is 9.97 Å². The summed E-state index contributed by atoms with van der Waals surface area (Å²) in [6.07, 6.45) is 0. The average molecular weight is 496 g/mol. The first-order valence-corrected chi connectivity index (χ1v) is 6.41. The predicted molar refractivity (Wildman–Crippen MR) is 74.2 cm³/mol. The number of nitrogens with zero attached hydrogens (tertiary/aromatic N) is 1. The highest BCUT2D eigenvalue weighted by Gasteiger charge is 2.06. The molecule has 0 aliphatic carbocycles. The second-order valence-corrected chi connectivity index (χ2v) is 5.55. The van der Waals surface area contributed by atoms with Crippen molar-refractivity contribution in [2.45, 2.75) is 0 Å². The van der Waals surface area contributed by atoms with Crippen LogP contribution in [0.25, 0.3) is 11.0 Å². The maximum absolute atomic E-state index is 4.39. The molecule has 0 saturated heterocycles. The van der Waals surface area contributed by atoms with E-state index < -0.39 is 0 Å². The summed E-state index contributed by atoms with van der Waals surface area (Å²) in [7, 11) is 0. The number of aromatic amines is 1. The number of hydrogen-bond donors (Lipinski definition) is 1. The van der Waals surface area contributed by atoms with Crippen LogP contribution in [0.2, 0.25) is 0 Å². The standard InChI is InChI=1S/C7H3I3N2/c8-3-1-2-4-6(5(3)9)12-7(10)11-4/h1-2H,(H,11,12). The van der Waals surface area contributed by atoms with Crippen LogP contribution in [0.5, 0.6) is 0 Å². The fraction of sp³-hybridized carbons (Fsp3) is 0. The molecule has 0 aliphatic heterocycles. The lowest BCUT2D eigenvalue weighted by molar-refractivity contribution is 1.26. The Kier molecular flexibility index (Phi) is 2.80. The molecule has 2 nitrogen and oxygen atoms in total. The third-order valence-electron chi connectivity index (χ3n) is 1.52. The number of aromatic nitrogens is 2. The quantitative estimate of drug-likeness (QED) is 0.558. The number of imidazole rings is 1. The second-order valence-electron chi connectivity index (χ2n) is 2.29. The Morgan fingerprint density at radius 1 is 1.17 bits per heavy atom. The van der Waals surface area contributed by atoms with Gasteiger partial charge >= 0.3 is 0 Å². The molecule has 0 atom stereocenters. The molecule has 1 aromatic carbocycles. The van der Waals surface area contributed by atoms with Crippen LogP contribution in [0.3, 0.4) is 0 Å². The molecule has 62 valence electrons. The van der Waals surface area contributed by atoms with Gasteiger partial charge in [-0.1, -0.05) is 0 Å². The highest BCUT2D eigenvalue weighted by Crippen LogP contribution is 2.23. The number of benzene rings is 1. The van der Waals surface area contributed by atoms with Gasteiger partial charge in [-0.15, -0.1) is 0 Å². The number of fused-ring (bicyclic) bond motifs is 1. The van der Waals surface area contributed by atoms with Gasteiger partial charge < -0.3 is 4.98 Å². The van der Waals surface area contributed by atoms with E-state index in [0.29, 0.717) is 0 Å². The SMILES string of the molecule is Ic1nc2c(I)c(I)ccc2[nH]1. The van der Waals surface area contributed by atoms with Gasteiger partial charge in [0.25, 0.3) is 0 Å². The normalized spacial score (nSPS) is 10.9. The first-order chi connectivity index (χ1) is 5.68. The highest BCUT2D eigenvalue weighted by atomic mass is 127. The lowest BCUT2D eigenvalue weighted by Crippen LogP contribution is -1.80. The van der Waals surface area contributed by atoms with E-state index in [1.165, 1.54) is 7.14 Å². The van der Waals surface area contributed by atoms with Gasteiger partial charge in [0.1, 0.15) is 5.52 Å². The van der Waals surface area contributed by atoms with Gasteiger partial charge in [-0.25, -0.2) is 4.98 Å². The zero-order chi connectivity index (χ0) is 8.72. The Morgan fingerprint density at radius 3 is 2.67 bits per heavy atom. The number of rotatable bonds is 0. The summed E-state index contributed by atoms with van der Waals surface area (Å²) in [5, 5.41) is 0. The van der Waals surface area contributed by atoms with Crippen molar-refractivity contribution in [3.05, 3.63) is 23.1 Å². The molecule has 1 N–H and O–H groups in total. The highest BCUT2D eigenvalue weighted by molar-refractivity contribution is 14.1. The van der Waals surface area contributed by atoms with Crippen molar-refractivity contribution in [3.8, 4) is 0 Å². The molecule has 2 rings (SSSR count). The van der Waals surface area contributed by atoms with E-state index in [4.69, 9.17) is 0 Å². The third kappa shape index (κ3) is 1.59. The Balaban J connectivity index is 2.89. The lowest BCUT2D eigenvalue weighted by atomic mass is 10.3. The topological polar surface area (TPSA) is 28.7 Å². The molecule has 0 aliphatic rings. The fourth-order valence-corrected chi connectivity index (χ4v) is 2.55. The van der Waals surface area contributed by atoms with Gasteiger partial charge in [0.15, 0.2) is 3.83 Å². The van der Waals surface area contributed by atoms with Crippen molar-refractivity contribution in [3.63, 3.8) is 0 Å². The zero-order valence-electron chi connectivity index (χ0n) is 5.74. The van der Waals surface area contributed by atoms with Crippen molar-refractivity contribution in [2.24, 2.45) is 0 Å². The summed E-state index contributed by atoms with van der Waals surface area (Å²) in [5.41, 5.74) is 2.19. The molecule has 0 fully saturated rings. The summed E-state index contributed by atoms with van der Waals surface area (Å²) >= 11 is 6.83. The number of halogens is 3. The van der Waals surface area contributed by atoms with Gasteiger partial charge in [-0.05, 0) is 79.9 Å². The Bertz CT molecular complexity index is 435. The molecule has 5 heteroatoms. The van der Waals surface area contributed by atoms with Crippen LogP contribution in [-0.2, 0) is 0 Å². The molecule has 0 saturated carbocycles. The Hall–Kier alpha value is 0.880. The molecule has 0 bridgehead atoms. The molecule has 1 aromatic heterocycles. The second kappa shape index (κ2) is 3.56. The van der Waals surface area contributed by atoms with Crippen molar-refractivity contribution >= 4 is 78.8 Å². The van der Waals surface area contributed by atoms with Crippen LogP contribution >= 0.6 is 67.8 Å². The summed E-state index contributed by atoms with van der Waals surface area (Å²) in [6.45, 7) is 0. The number of H-pyrrole nitrogens is 1. The Labute approximate surface area is 110 Å². The first-order valence-electron chi connectivity index (χ1n) is 3.17. The van der Waals surface area contributed by atoms with Crippen LogP contribution in [0, 0.1) is 11.0 Å². The van der Waals surface area contributed by atoms with Gasteiger partial charge in [0.2, 0.25) is 0 Å². The lowest BCUT2D eigenvalue weighted by Gasteiger charge is -1.94. The maximum atomic E-state index is 4.39. The van der Waals surface area contributed by atoms with E-state index in [1.54, 1.807) is 0 Å². The van der Waals surface area contributed by atoms with Crippen molar-refractivity contribution < 1.29 is 0 Å². The molecular formula is C7H3I3N2. The molecule has 1 heterocycles. The van der Waals surface area contributed by atoms with E-state index in [9.17, 15) is 0 Å². The van der Waals surface area contributed by atoms with Gasteiger partial charge in [0, 0.05) is 3.57 Å². The molecule has 2 aromatic rings. The van der Waals surface area contributed by atoms with E-state index in [2.05, 4.69) is 89.9 Å². The molecule has 0 spiro atoms. The molecule has 0 radical (unpaired) electrons. The summed E-state index contributed by atoms with van der Waals surface area (Å²) in [4.78, 5) is 7.59. The van der Waals surface area contributed by atoms with E-state index in [1.807, 2.05) is 0 Å². The van der Waals surface area contributed by atoms with Crippen molar-refractivity contribution in [2.75, 3.05) is 0 Å². The minimum Gasteiger partial charge on any atom is -0.333 e. The predicted octanol–water partition coefficient (Wildman–Crippen LogP) is 3.38. The van der Waals surface area contributed by atoms with Crippen LogP contribution in [0.1, 0.15) is 0 Å². The summed E-state index contributed by atoms with van der Waals surface area (Å²) in [5.74, 6) is 0. The fourth-order valence-electron chi connectivity index (χ4n) is 0.987. The van der Waals surface area contributed by atoms with Gasteiger partial charge in [0.05, 0.1) is 9.09 Å². The van der Waals surface area contributed by atoms with Crippen molar-refractivity contribution in [1.29, 1.82) is 0 Å². The maximum Gasteiger partial charge on any atom is 0.169 e. The first kappa shape index (κ1) is 9.44. The monoisotopic (exact) mass is 496 g/mol. The minimum atomic E-state index is 0.947. The average Bonchev–Trinajstić information content (AvgIpc) is 2.39. The zero-order valence-corrected chi connectivity index (χ0v) is 12.2. The molecule has 0 unspecified atom stereocenters. The summed E-state index contributed by atoms with van der Waals surface area (Å²) in [6, 6.07) is 4.16. The Morgan fingerprint density at radius 2 is 1.92 bits per heavy atom. The minimum absolute atomic E-state index is 0.947. The van der Waals surface area contributed by atoms with Crippen LogP contribution in [-0.4, -0.2) is 9.97 Å². The van der Waals surface area contributed by atoms with E-state index in [0.717, 1.165) is 14.9 Å². The van der Waals surface area contributed by atoms with Crippen LogP contribution in [0.15, 0.2) is 12.1 Å². The smallest absolute Gasteiger partial charge is 0.169 e. The number of nitrogens with one attached hydrogen (secondary N) is 1. The summed E-state index contributed by atoms with van der Waals surface area (Å²) < 4.78 is 3.43. The largest absolute Gasteiger partial charge is 0.333 e. The van der Waals surface area contributed by atoms with Gasteiger partial charge in [-0.3, -0.25) is 0 Å². The molecule has 12 heavy (non-hydrogen) atoms. The molecular weight excluding hydrogens is 493 g/mol. The number of hydrogen-bond acceptors (Lipinski definition) is 1. The van der Waals surface area contributed by atoms with E-state index in [-0.39, 0.29) is 0 Å². The van der Waals surface area contributed by atoms with E-state index >= 15 is 0 Å². The molecule has 0 amide bonds. The third-order valence-corrected chi connectivity index (χ3v) is 5.05.